The molecule has 1 aromatic heterocycles. The molecule has 6 heteroatoms. The Labute approximate surface area is 91.8 Å². The van der Waals surface area contributed by atoms with Crippen LogP contribution >= 0.6 is 11.6 Å². The number of rotatable bonds is 3. The van der Waals surface area contributed by atoms with Crippen LogP contribution in [0.1, 0.15) is 6.42 Å². The number of halogens is 1. The zero-order valence-corrected chi connectivity index (χ0v) is 8.62. The van der Waals surface area contributed by atoms with Gasteiger partial charge in [0.2, 0.25) is 5.91 Å². The SMILES string of the molecule is O=C(CCCl)NC(=O)Nc1ccccn1. The lowest BCUT2D eigenvalue weighted by atomic mass is 10.4. The van der Waals surface area contributed by atoms with Gasteiger partial charge in [0.1, 0.15) is 5.82 Å². The molecule has 0 aliphatic rings. The van der Waals surface area contributed by atoms with Gasteiger partial charge in [-0.2, -0.15) is 0 Å². The van der Waals surface area contributed by atoms with Crippen LogP contribution in [0.15, 0.2) is 24.4 Å². The molecule has 15 heavy (non-hydrogen) atoms. The number of urea groups is 1. The Kier molecular flexibility index (Phi) is 4.56. The van der Waals surface area contributed by atoms with E-state index in [0.29, 0.717) is 5.82 Å². The molecule has 0 saturated heterocycles. The number of carbonyl (C=O) groups excluding carboxylic acids is 2. The van der Waals surface area contributed by atoms with Crippen LogP contribution in [0.2, 0.25) is 0 Å². The first-order valence-corrected chi connectivity index (χ1v) is 4.83. The average Bonchev–Trinajstić information content (AvgIpc) is 2.19. The normalized spacial score (nSPS) is 9.40. The van der Waals surface area contributed by atoms with Crippen LogP contribution in [-0.4, -0.2) is 22.8 Å². The number of alkyl halides is 1. The standard InChI is InChI=1S/C9H10ClN3O2/c10-5-4-8(14)13-9(15)12-7-3-1-2-6-11-7/h1-3,6H,4-5H2,(H2,11,12,13,14,15). The molecule has 1 heterocycles. The molecule has 1 aromatic rings. The largest absolute Gasteiger partial charge is 0.327 e. The summed E-state index contributed by atoms with van der Waals surface area (Å²) in [4.78, 5) is 26.0. The van der Waals surface area contributed by atoms with Crippen LogP contribution in [0, 0.1) is 0 Å². The first-order chi connectivity index (χ1) is 7.22. The highest BCUT2D eigenvalue weighted by atomic mass is 35.5. The first-order valence-electron chi connectivity index (χ1n) is 4.30. The summed E-state index contributed by atoms with van der Waals surface area (Å²) in [6.45, 7) is 0. The smallest absolute Gasteiger partial charge is 0.292 e. The van der Waals surface area contributed by atoms with Crippen molar-refractivity contribution in [2.75, 3.05) is 11.2 Å². The molecular weight excluding hydrogens is 218 g/mol. The molecule has 80 valence electrons. The van der Waals surface area contributed by atoms with E-state index >= 15 is 0 Å². The molecule has 0 aromatic carbocycles. The summed E-state index contributed by atoms with van der Waals surface area (Å²) in [5, 5.41) is 4.52. The van der Waals surface area contributed by atoms with Crippen LogP contribution in [-0.2, 0) is 4.79 Å². The van der Waals surface area contributed by atoms with Gasteiger partial charge >= 0.3 is 6.03 Å². The second-order valence-electron chi connectivity index (χ2n) is 2.66. The Hall–Kier alpha value is -1.62. The maximum atomic E-state index is 11.2. The minimum Gasteiger partial charge on any atom is -0.292 e. The van der Waals surface area contributed by atoms with Crippen molar-refractivity contribution in [3.63, 3.8) is 0 Å². The predicted octanol–water partition coefficient (Wildman–Crippen LogP) is 1.36. The quantitative estimate of drug-likeness (QED) is 0.766. The Balaban J connectivity index is 2.40. The van der Waals surface area contributed by atoms with Gasteiger partial charge in [0, 0.05) is 18.5 Å². The van der Waals surface area contributed by atoms with Gasteiger partial charge in [-0.25, -0.2) is 9.78 Å². The van der Waals surface area contributed by atoms with Crippen molar-refractivity contribution in [2.24, 2.45) is 0 Å². The summed E-state index contributed by atoms with van der Waals surface area (Å²) >= 11 is 5.34. The molecule has 0 saturated carbocycles. The van der Waals surface area contributed by atoms with E-state index in [4.69, 9.17) is 11.6 Å². The van der Waals surface area contributed by atoms with Crippen molar-refractivity contribution in [2.45, 2.75) is 6.42 Å². The van der Waals surface area contributed by atoms with E-state index < -0.39 is 11.9 Å². The average molecular weight is 228 g/mol. The monoisotopic (exact) mass is 227 g/mol. The number of anilines is 1. The lowest BCUT2D eigenvalue weighted by Crippen LogP contribution is -2.34. The van der Waals surface area contributed by atoms with E-state index in [9.17, 15) is 9.59 Å². The molecule has 0 aliphatic carbocycles. The van der Waals surface area contributed by atoms with Gasteiger partial charge in [-0.3, -0.25) is 15.4 Å². The first kappa shape index (κ1) is 11.5. The Bertz CT molecular complexity index is 342. The molecule has 0 unspecified atom stereocenters. The number of pyridine rings is 1. The van der Waals surface area contributed by atoms with Gasteiger partial charge in [0.05, 0.1) is 0 Å². The highest BCUT2D eigenvalue weighted by molar-refractivity contribution is 6.19. The third-order valence-corrected chi connectivity index (χ3v) is 1.67. The zero-order chi connectivity index (χ0) is 11.1. The molecule has 0 fully saturated rings. The van der Waals surface area contributed by atoms with E-state index in [0.717, 1.165) is 0 Å². The van der Waals surface area contributed by atoms with Crippen molar-refractivity contribution < 1.29 is 9.59 Å². The van der Waals surface area contributed by atoms with Crippen LogP contribution in [0.25, 0.3) is 0 Å². The molecule has 1 rings (SSSR count). The number of nitrogens with one attached hydrogen (secondary N) is 2. The molecular formula is C9H10ClN3O2. The van der Waals surface area contributed by atoms with Crippen molar-refractivity contribution in [1.29, 1.82) is 0 Å². The third kappa shape index (κ3) is 4.42. The predicted molar refractivity (Wildman–Crippen MR) is 56.7 cm³/mol. The number of hydrogen-bond donors (Lipinski definition) is 2. The maximum Gasteiger partial charge on any atom is 0.327 e. The summed E-state index contributed by atoms with van der Waals surface area (Å²) in [5.74, 6) is 0.148. The minimum atomic E-state index is -0.608. The molecule has 0 atom stereocenters. The number of carbonyl (C=O) groups is 2. The highest BCUT2D eigenvalue weighted by Crippen LogP contribution is 1.98. The van der Waals surface area contributed by atoms with Crippen molar-refractivity contribution in [3.05, 3.63) is 24.4 Å². The highest BCUT2D eigenvalue weighted by Gasteiger charge is 2.06. The maximum absolute atomic E-state index is 11.2. The fourth-order valence-electron chi connectivity index (χ4n) is 0.859. The summed E-state index contributed by atoms with van der Waals surface area (Å²) in [6, 6.07) is 4.46. The van der Waals surface area contributed by atoms with Crippen LogP contribution in [0.4, 0.5) is 10.6 Å². The molecule has 0 bridgehead atoms. The fraction of sp³-hybridized carbons (Fsp3) is 0.222. The number of aromatic nitrogens is 1. The zero-order valence-electron chi connectivity index (χ0n) is 7.87. The van der Waals surface area contributed by atoms with E-state index in [1.807, 2.05) is 0 Å². The van der Waals surface area contributed by atoms with E-state index in [2.05, 4.69) is 15.6 Å². The van der Waals surface area contributed by atoms with Crippen molar-refractivity contribution in [3.8, 4) is 0 Å². The molecule has 0 spiro atoms. The Morgan fingerprint density at radius 1 is 1.40 bits per heavy atom. The summed E-state index contributed by atoms with van der Waals surface area (Å²) in [5.41, 5.74) is 0. The molecule has 0 aliphatic heterocycles. The van der Waals surface area contributed by atoms with Crippen molar-refractivity contribution in [1.82, 2.24) is 10.3 Å². The lowest BCUT2D eigenvalue weighted by Gasteiger charge is -2.04. The topological polar surface area (TPSA) is 71.1 Å². The summed E-state index contributed by atoms with van der Waals surface area (Å²) in [7, 11) is 0. The van der Waals surface area contributed by atoms with E-state index in [1.165, 1.54) is 6.20 Å². The molecule has 0 radical (unpaired) electrons. The molecule has 2 N–H and O–H groups in total. The van der Waals surface area contributed by atoms with Crippen LogP contribution in [0.5, 0.6) is 0 Å². The third-order valence-electron chi connectivity index (χ3n) is 1.48. The van der Waals surface area contributed by atoms with E-state index in [1.54, 1.807) is 18.2 Å². The van der Waals surface area contributed by atoms with Gasteiger partial charge in [0.15, 0.2) is 0 Å². The minimum absolute atomic E-state index is 0.108. The number of amides is 3. The molecule has 5 nitrogen and oxygen atoms in total. The number of imide groups is 1. The van der Waals surface area contributed by atoms with Gasteiger partial charge in [0.25, 0.3) is 0 Å². The van der Waals surface area contributed by atoms with Gasteiger partial charge < -0.3 is 0 Å². The van der Waals surface area contributed by atoms with Crippen LogP contribution < -0.4 is 10.6 Å². The van der Waals surface area contributed by atoms with Crippen LogP contribution in [0.3, 0.4) is 0 Å². The van der Waals surface area contributed by atoms with Crippen molar-refractivity contribution >= 4 is 29.4 Å². The molecule has 3 amide bonds. The number of hydrogen-bond acceptors (Lipinski definition) is 3. The Morgan fingerprint density at radius 3 is 2.80 bits per heavy atom. The van der Waals surface area contributed by atoms with Gasteiger partial charge in [-0.1, -0.05) is 6.07 Å². The summed E-state index contributed by atoms with van der Waals surface area (Å²) < 4.78 is 0. The number of nitrogens with zero attached hydrogens (tertiary/aromatic N) is 1. The fourth-order valence-corrected chi connectivity index (χ4v) is 1.03. The Morgan fingerprint density at radius 2 is 2.20 bits per heavy atom. The lowest BCUT2D eigenvalue weighted by molar-refractivity contribution is -0.119. The van der Waals surface area contributed by atoms with E-state index in [-0.39, 0.29) is 12.3 Å². The summed E-state index contributed by atoms with van der Waals surface area (Å²) in [6.07, 6.45) is 1.65. The second kappa shape index (κ2) is 5.98. The van der Waals surface area contributed by atoms with Gasteiger partial charge in [-0.05, 0) is 12.1 Å². The van der Waals surface area contributed by atoms with Gasteiger partial charge in [-0.15, -0.1) is 11.6 Å². The second-order valence-corrected chi connectivity index (χ2v) is 3.03.